The predicted octanol–water partition coefficient (Wildman–Crippen LogP) is 4.37. The maximum atomic E-state index is 13.0. The fraction of sp³-hybridized carbons (Fsp3) is 0.632. The quantitative estimate of drug-likeness (QED) is 0.878. The Kier molecular flexibility index (Phi) is 4.11. The van der Waals surface area contributed by atoms with Gasteiger partial charge in [-0.3, -0.25) is 4.79 Å². The topological polar surface area (TPSA) is 47.6 Å². The van der Waals surface area contributed by atoms with Gasteiger partial charge in [-0.25, -0.2) is 0 Å². The zero-order valence-corrected chi connectivity index (χ0v) is 14.9. The van der Waals surface area contributed by atoms with Gasteiger partial charge in [0.1, 0.15) is 11.5 Å². The summed E-state index contributed by atoms with van der Waals surface area (Å²) in [6.07, 6.45) is 6.30. The molecule has 24 heavy (non-hydrogen) atoms. The summed E-state index contributed by atoms with van der Waals surface area (Å²) in [7, 11) is 3.15. The number of methoxy groups -OCH3 is 2. The van der Waals surface area contributed by atoms with E-state index in [4.69, 9.17) is 21.1 Å². The molecule has 0 spiro atoms. The van der Waals surface area contributed by atoms with Crippen LogP contribution in [0.25, 0.3) is 0 Å². The van der Waals surface area contributed by atoms with Crippen molar-refractivity contribution in [1.82, 2.24) is 0 Å². The van der Waals surface area contributed by atoms with Crippen LogP contribution >= 0.6 is 11.6 Å². The summed E-state index contributed by atoms with van der Waals surface area (Å²) in [5.74, 6) is 4.23. The van der Waals surface area contributed by atoms with Gasteiger partial charge in [-0.1, -0.05) is 11.6 Å². The lowest BCUT2D eigenvalue weighted by Gasteiger charge is -2.53. The van der Waals surface area contributed by atoms with E-state index >= 15 is 0 Å². The molecule has 5 rings (SSSR count). The molecule has 4 fully saturated rings. The normalized spacial score (nSPS) is 33.4. The van der Waals surface area contributed by atoms with Crippen molar-refractivity contribution in [3.05, 3.63) is 17.2 Å². The lowest BCUT2D eigenvalue weighted by Crippen LogP contribution is -2.49. The van der Waals surface area contributed by atoms with Crippen molar-refractivity contribution in [2.75, 3.05) is 19.5 Å². The number of carbonyl (C=O) groups excluding carboxylic acids is 1. The number of halogens is 1. The van der Waals surface area contributed by atoms with Gasteiger partial charge in [0, 0.05) is 12.0 Å². The Hall–Kier alpha value is -1.42. The maximum Gasteiger partial charge on any atom is 0.228 e. The predicted molar refractivity (Wildman–Crippen MR) is 93.7 cm³/mol. The highest BCUT2D eigenvalue weighted by molar-refractivity contribution is 6.32. The molecule has 4 nitrogen and oxygen atoms in total. The van der Waals surface area contributed by atoms with Crippen molar-refractivity contribution in [2.45, 2.75) is 32.1 Å². The highest BCUT2D eigenvalue weighted by atomic mass is 35.5. The summed E-state index contributed by atoms with van der Waals surface area (Å²) in [5, 5.41) is 3.55. The Morgan fingerprint density at radius 1 is 1.00 bits per heavy atom. The molecule has 0 aromatic heterocycles. The minimum absolute atomic E-state index is 0.128. The number of benzene rings is 1. The third-order valence-electron chi connectivity index (χ3n) is 6.26. The van der Waals surface area contributed by atoms with E-state index < -0.39 is 0 Å². The van der Waals surface area contributed by atoms with Crippen molar-refractivity contribution in [3.63, 3.8) is 0 Å². The first kappa shape index (κ1) is 16.1. The summed E-state index contributed by atoms with van der Waals surface area (Å²) in [6, 6.07) is 3.43. The smallest absolute Gasteiger partial charge is 0.228 e. The van der Waals surface area contributed by atoms with Crippen LogP contribution in [0.1, 0.15) is 32.1 Å². The molecule has 4 aliphatic rings. The van der Waals surface area contributed by atoms with E-state index in [1.165, 1.54) is 32.1 Å². The van der Waals surface area contributed by atoms with E-state index in [1.807, 2.05) is 0 Å². The molecule has 0 aliphatic heterocycles. The van der Waals surface area contributed by atoms with E-state index in [2.05, 4.69) is 5.32 Å². The molecule has 1 N–H and O–H groups in total. The highest BCUT2D eigenvalue weighted by Gasteiger charge is 2.50. The molecule has 0 atom stereocenters. The van der Waals surface area contributed by atoms with E-state index in [0.29, 0.717) is 34.0 Å². The van der Waals surface area contributed by atoms with Crippen LogP contribution < -0.4 is 14.8 Å². The Morgan fingerprint density at radius 3 is 2.12 bits per heavy atom. The summed E-state index contributed by atoms with van der Waals surface area (Å²) in [5.41, 5.74) is 0.627. The van der Waals surface area contributed by atoms with Crippen LogP contribution in [-0.2, 0) is 4.79 Å². The van der Waals surface area contributed by atoms with Crippen LogP contribution in [0.2, 0.25) is 5.02 Å². The SMILES string of the molecule is COc1cc(OC)c(NC(=O)C2C3CC4CC(C3)CC2C4)cc1Cl. The van der Waals surface area contributed by atoms with Crippen molar-refractivity contribution in [3.8, 4) is 11.5 Å². The molecule has 4 saturated carbocycles. The fourth-order valence-corrected chi connectivity index (χ4v) is 5.77. The second-order valence-electron chi connectivity index (χ2n) is 7.63. The molecule has 0 heterocycles. The molecule has 1 aromatic carbocycles. The lowest BCUT2D eigenvalue weighted by molar-refractivity contribution is -0.132. The first-order valence-corrected chi connectivity index (χ1v) is 9.19. The largest absolute Gasteiger partial charge is 0.495 e. The van der Waals surface area contributed by atoms with Crippen LogP contribution in [0.3, 0.4) is 0 Å². The van der Waals surface area contributed by atoms with Crippen molar-refractivity contribution in [2.24, 2.45) is 29.6 Å². The molecule has 0 saturated heterocycles. The van der Waals surface area contributed by atoms with Crippen LogP contribution in [-0.4, -0.2) is 20.1 Å². The fourth-order valence-electron chi connectivity index (χ4n) is 5.53. The standard InChI is InChI=1S/C19H24ClNO3/c1-23-16-9-17(24-2)15(8-14(16)20)21-19(22)18-12-4-10-3-11(6-12)7-13(18)5-10/h8-13,18H,3-7H2,1-2H3,(H,21,22). The summed E-state index contributed by atoms with van der Waals surface area (Å²) >= 11 is 6.22. The van der Waals surface area contributed by atoms with Gasteiger partial charge in [0.15, 0.2) is 0 Å². The van der Waals surface area contributed by atoms with E-state index in [9.17, 15) is 4.79 Å². The summed E-state index contributed by atoms with van der Waals surface area (Å²) in [6.45, 7) is 0. The molecule has 0 radical (unpaired) electrons. The number of carbonyl (C=O) groups is 1. The Bertz CT molecular complexity index is 632. The molecule has 5 heteroatoms. The Morgan fingerprint density at radius 2 is 1.58 bits per heavy atom. The zero-order chi connectivity index (χ0) is 16.8. The first-order chi connectivity index (χ1) is 11.6. The minimum atomic E-state index is 0.128. The maximum absolute atomic E-state index is 13.0. The molecular weight excluding hydrogens is 326 g/mol. The minimum Gasteiger partial charge on any atom is -0.495 e. The van der Waals surface area contributed by atoms with Crippen LogP contribution in [0.15, 0.2) is 12.1 Å². The van der Waals surface area contributed by atoms with Gasteiger partial charge < -0.3 is 14.8 Å². The van der Waals surface area contributed by atoms with E-state index in [0.717, 1.165) is 11.8 Å². The molecule has 130 valence electrons. The highest BCUT2D eigenvalue weighted by Crippen LogP contribution is 2.56. The monoisotopic (exact) mass is 349 g/mol. The Labute approximate surface area is 147 Å². The first-order valence-electron chi connectivity index (χ1n) is 8.81. The van der Waals surface area contributed by atoms with Gasteiger partial charge in [-0.2, -0.15) is 0 Å². The average Bonchev–Trinajstić information content (AvgIpc) is 2.54. The summed E-state index contributed by atoms with van der Waals surface area (Å²) in [4.78, 5) is 13.0. The van der Waals surface area contributed by atoms with Gasteiger partial charge in [-0.15, -0.1) is 0 Å². The number of hydrogen-bond donors (Lipinski definition) is 1. The molecule has 0 unspecified atom stereocenters. The van der Waals surface area contributed by atoms with Crippen molar-refractivity contribution < 1.29 is 14.3 Å². The number of hydrogen-bond acceptors (Lipinski definition) is 3. The number of anilines is 1. The number of amides is 1. The third-order valence-corrected chi connectivity index (χ3v) is 6.56. The molecule has 1 aromatic rings. The van der Waals surface area contributed by atoms with Gasteiger partial charge in [0.05, 0.1) is 24.9 Å². The van der Waals surface area contributed by atoms with Gasteiger partial charge in [0.2, 0.25) is 5.91 Å². The van der Waals surface area contributed by atoms with Crippen LogP contribution in [0.5, 0.6) is 11.5 Å². The molecular formula is C19H24ClNO3. The van der Waals surface area contributed by atoms with Crippen LogP contribution in [0.4, 0.5) is 5.69 Å². The number of ether oxygens (including phenoxy) is 2. The van der Waals surface area contributed by atoms with Gasteiger partial charge in [-0.05, 0) is 61.8 Å². The van der Waals surface area contributed by atoms with Crippen LogP contribution in [0, 0.1) is 29.6 Å². The molecule has 4 bridgehead atoms. The third kappa shape index (κ3) is 2.65. The van der Waals surface area contributed by atoms with Crippen molar-refractivity contribution >= 4 is 23.2 Å². The second kappa shape index (κ2) is 6.14. The second-order valence-corrected chi connectivity index (χ2v) is 8.04. The number of rotatable bonds is 4. The van der Waals surface area contributed by atoms with E-state index in [1.54, 1.807) is 26.4 Å². The Balaban J connectivity index is 1.55. The zero-order valence-electron chi connectivity index (χ0n) is 14.2. The van der Waals surface area contributed by atoms with E-state index in [-0.39, 0.29) is 11.8 Å². The van der Waals surface area contributed by atoms with Crippen molar-refractivity contribution in [1.29, 1.82) is 0 Å². The number of nitrogens with one attached hydrogen (secondary N) is 1. The van der Waals surface area contributed by atoms with Gasteiger partial charge in [0.25, 0.3) is 0 Å². The summed E-state index contributed by atoms with van der Waals surface area (Å²) < 4.78 is 10.6. The molecule has 4 aliphatic carbocycles. The van der Waals surface area contributed by atoms with Gasteiger partial charge >= 0.3 is 0 Å². The average molecular weight is 350 g/mol. The lowest BCUT2D eigenvalue weighted by atomic mass is 9.51. The molecule has 1 amide bonds.